The molecule has 0 aliphatic carbocycles. The van der Waals surface area contributed by atoms with Crippen LogP contribution < -0.4 is 0 Å². The topological polar surface area (TPSA) is 32.9 Å². The standard InChI is InChI=1S/C12H12BrNO/c1-7-3-4-9-10(12(15)8(2)13)6-14-11(9)5-7/h3-6,8,14H,1-2H3. The predicted molar refractivity (Wildman–Crippen MR) is 65.8 cm³/mol. The quantitative estimate of drug-likeness (QED) is 0.655. The average molecular weight is 266 g/mol. The van der Waals surface area contributed by atoms with Crippen LogP contribution in [0.3, 0.4) is 0 Å². The number of aromatic nitrogens is 1. The first-order valence-electron chi connectivity index (χ1n) is 4.85. The summed E-state index contributed by atoms with van der Waals surface area (Å²) in [7, 11) is 0. The summed E-state index contributed by atoms with van der Waals surface area (Å²) in [5.41, 5.74) is 2.97. The van der Waals surface area contributed by atoms with Gasteiger partial charge in [0.25, 0.3) is 0 Å². The third-order valence-corrected chi connectivity index (χ3v) is 2.88. The van der Waals surface area contributed by atoms with Crippen LogP contribution in [0.15, 0.2) is 24.4 Å². The molecule has 0 saturated carbocycles. The van der Waals surface area contributed by atoms with Gasteiger partial charge < -0.3 is 4.98 Å². The number of Topliss-reactive ketones (excluding diaryl/α,β-unsaturated/α-hetero) is 1. The van der Waals surface area contributed by atoms with Crippen molar-refractivity contribution in [2.24, 2.45) is 0 Å². The molecule has 1 N–H and O–H groups in total. The summed E-state index contributed by atoms with van der Waals surface area (Å²) in [6.07, 6.45) is 1.78. The summed E-state index contributed by atoms with van der Waals surface area (Å²) >= 11 is 3.30. The van der Waals surface area contributed by atoms with E-state index in [9.17, 15) is 4.79 Å². The predicted octanol–water partition coefficient (Wildman–Crippen LogP) is 3.44. The molecule has 0 radical (unpaired) electrons. The van der Waals surface area contributed by atoms with E-state index in [1.54, 1.807) is 6.20 Å². The van der Waals surface area contributed by atoms with Gasteiger partial charge in [-0.05, 0) is 25.5 Å². The zero-order valence-electron chi connectivity index (χ0n) is 8.67. The lowest BCUT2D eigenvalue weighted by atomic mass is 10.1. The van der Waals surface area contributed by atoms with Gasteiger partial charge in [0.2, 0.25) is 0 Å². The minimum atomic E-state index is -0.141. The zero-order chi connectivity index (χ0) is 11.0. The molecule has 0 bridgehead atoms. The number of hydrogen-bond acceptors (Lipinski definition) is 1. The van der Waals surface area contributed by atoms with Gasteiger partial charge in [-0.1, -0.05) is 28.1 Å². The van der Waals surface area contributed by atoms with Crippen molar-refractivity contribution in [3.63, 3.8) is 0 Å². The smallest absolute Gasteiger partial charge is 0.178 e. The highest BCUT2D eigenvalue weighted by molar-refractivity contribution is 9.10. The number of H-pyrrole nitrogens is 1. The molecule has 1 heterocycles. The lowest BCUT2D eigenvalue weighted by molar-refractivity contribution is 0.0997. The molecule has 1 atom stereocenters. The number of carbonyl (C=O) groups is 1. The lowest BCUT2D eigenvalue weighted by Crippen LogP contribution is -2.08. The summed E-state index contributed by atoms with van der Waals surface area (Å²) in [6, 6.07) is 6.06. The third kappa shape index (κ3) is 1.84. The van der Waals surface area contributed by atoms with Crippen molar-refractivity contribution >= 4 is 32.6 Å². The number of aromatic amines is 1. The van der Waals surface area contributed by atoms with Crippen LogP contribution in [0.5, 0.6) is 0 Å². The lowest BCUT2D eigenvalue weighted by Gasteiger charge is -2.00. The van der Waals surface area contributed by atoms with Crippen molar-refractivity contribution < 1.29 is 4.79 Å². The van der Waals surface area contributed by atoms with E-state index in [0.29, 0.717) is 0 Å². The van der Waals surface area contributed by atoms with E-state index in [0.717, 1.165) is 16.5 Å². The van der Waals surface area contributed by atoms with Gasteiger partial charge in [-0.2, -0.15) is 0 Å². The Morgan fingerprint density at radius 3 is 2.87 bits per heavy atom. The van der Waals surface area contributed by atoms with E-state index in [1.165, 1.54) is 5.56 Å². The Morgan fingerprint density at radius 2 is 2.20 bits per heavy atom. The number of hydrogen-bond donors (Lipinski definition) is 1. The van der Waals surface area contributed by atoms with Crippen LogP contribution in [0.4, 0.5) is 0 Å². The number of carbonyl (C=O) groups excluding carboxylic acids is 1. The maximum atomic E-state index is 11.8. The number of rotatable bonds is 2. The van der Waals surface area contributed by atoms with E-state index in [4.69, 9.17) is 0 Å². The number of alkyl halides is 1. The number of halogens is 1. The molecule has 3 heteroatoms. The van der Waals surface area contributed by atoms with Gasteiger partial charge in [0.05, 0.1) is 4.83 Å². The van der Waals surface area contributed by atoms with Crippen LogP contribution in [0.25, 0.3) is 10.9 Å². The maximum Gasteiger partial charge on any atom is 0.178 e. The number of aryl methyl sites for hydroxylation is 1. The van der Waals surface area contributed by atoms with Crippen molar-refractivity contribution in [2.75, 3.05) is 0 Å². The number of fused-ring (bicyclic) bond motifs is 1. The molecular formula is C12H12BrNO. The summed E-state index contributed by atoms with van der Waals surface area (Å²) < 4.78 is 0. The van der Waals surface area contributed by atoms with Crippen molar-refractivity contribution in [1.29, 1.82) is 0 Å². The van der Waals surface area contributed by atoms with Gasteiger partial charge in [0.1, 0.15) is 0 Å². The molecule has 2 aromatic rings. The van der Waals surface area contributed by atoms with Gasteiger partial charge in [0, 0.05) is 22.7 Å². The Kier molecular flexibility index (Phi) is 2.65. The second kappa shape index (κ2) is 3.81. The van der Waals surface area contributed by atoms with Crippen LogP contribution in [-0.4, -0.2) is 15.6 Å². The molecule has 0 amide bonds. The van der Waals surface area contributed by atoms with Crippen molar-refractivity contribution in [3.8, 4) is 0 Å². The Labute approximate surface area is 96.8 Å². The first-order valence-corrected chi connectivity index (χ1v) is 5.77. The molecule has 0 saturated heterocycles. The van der Waals surface area contributed by atoms with Crippen molar-refractivity contribution in [3.05, 3.63) is 35.5 Å². The highest BCUT2D eigenvalue weighted by Gasteiger charge is 2.15. The van der Waals surface area contributed by atoms with Gasteiger partial charge in [-0.25, -0.2) is 0 Å². The zero-order valence-corrected chi connectivity index (χ0v) is 10.3. The van der Waals surface area contributed by atoms with E-state index in [1.807, 2.05) is 32.0 Å². The summed E-state index contributed by atoms with van der Waals surface area (Å²) in [4.78, 5) is 14.8. The SMILES string of the molecule is Cc1ccc2c(C(=O)C(C)Br)c[nH]c2c1. The number of nitrogens with one attached hydrogen (secondary N) is 1. The molecule has 78 valence electrons. The Balaban J connectivity index is 2.59. The van der Waals surface area contributed by atoms with Gasteiger partial charge in [-0.3, -0.25) is 4.79 Å². The van der Waals surface area contributed by atoms with Crippen molar-refractivity contribution in [1.82, 2.24) is 4.98 Å². The monoisotopic (exact) mass is 265 g/mol. The molecule has 0 fully saturated rings. The fourth-order valence-corrected chi connectivity index (χ4v) is 1.90. The number of ketones is 1. The first-order chi connectivity index (χ1) is 7.09. The highest BCUT2D eigenvalue weighted by Crippen LogP contribution is 2.22. The van der Waals surface area contributed by atoms with Gasteiger partial charge in [0.15, 0.2) is 5.78 Å². The van der Waals surface area contributed by atoms with E-state index < -0.39 is 0 Å². The Bertz CT molecular complexity index is 513. The first kappa shape index (κ1) is 10.4. The largest absolute Gasteiger partial charge is 0.360 e. The second-order valence-corrected chi connectivity index (χ2v) is 5.11. The van der Waals surface area contributed by atoms with E-state index in [2.05, 4.69) is 20.9 Å². The molecule has 1 unspecified atom stereocenters. The molecule has 0 aliphatic heterocycles. The minimum absolute atomic E-state index is 0.116. The average Bonchev–Trinajstić information content (AvgIpc) is 2.59. The fraction of sp³-hybridized carbons (Fsp3) is 0.250. The van der Waals surface area contributed by atoms with Gasteiger partial charge in [-0.15, -0.1) is 0 Å². The molecule has 15 heavy (non-hydrogen) atoms. The molecule has 0 spiro atoms. The summed E-state index contributed by atoms with van der Waals surface area (Å²) in [6.45, 7) is 3.88. The van der Waals surface area contributed by atoms with Crippen molar-refractivity contribution in [2.45, 2.75) is 18.7 Å². The fourth-order valence-electron chi connectivity index (χ4n) is 1.66. The number of benzene rings is 1. The molecule has 2 rings (SSSR count). The molecule has 0 aliphatic rings. The molecule has 1 aromatic carbocycles. The summed E-state index contributed by atoms with van der Waals surface area (Å²) in [5, 5.41) is 0.997. The van der Waals surface area contributed by atoms with Crippen LogP contribution in [-0.2, 0) is 0 Å². The molecule has 1 aromatic heterocycles. The third-order valence-electron chi connectivity index (χ3n) is 2.46. The van der Waals surface area contributed by atoms with Crippen LogP contribution in [0, 0.1) is 6.92 Å². The van der Waals surface area contributed by atoms with Crippen LogP contribution >= 0.6 is 15.9 Å². The van der Waals surface area contributed by atoms with E-state index >= 15 is 0 Å². The Hall–Kier alpha value is -1.09. The minimum Gasteiger partial charge on any atom is -0.360 e. The Morgan fingerprint density at radius 1 is 1.47 bits per heavy atom. The highest BCUT2D eigenvalue weighted by atomic mass is 79.9. The normalized spacial score (nSPS) is 13.0. The van der Waals surface area contributed by atoms with Gasteiger partial charge >= 0.3 is 0 Å². The maximum absolute atomic E-state index is 11.8. The second-order valence-electron chi connectivity index (χ2n) is 3.73. The molecular weight excluding hydrogens is 254 g/mol. The van der Waals surface area contributed by atoms with Crippen LogP contribution in [0.1, 0.15) is 22.8 Å². The van der Waals surface area contributed by atoms with Crippen LogP contribution in [0.2, 0.25) is 0 Å². The van der Waals surface area contributed by atoms with E-state index in [-0.39, 0.29) is 10.6 Å². The molecule has 2 nitrogen and oxygen atoms in total. The summed E-state index contributed by atoms with van der Waals surface area (Å²) in [5.74, 6) is 0.116.